The first-order valence-electron chi connectivity index (χ1n) is 16.2. The summed E-state index contributed by atoms with van der Waals surface area (Å²) in [5.41, 5.74) is 9.06. The van der Waals surface area contributed by atoms with Gasteiger partial charge in [-0.1, -0.05) is 35.4 Å². The third-order valence-electron chi connectivity index (χ3n) is 8.97. The average molecular weight is 647 g/mol. The maximum absolute atomic E-state index is 12.7. The fraction of sp³-hybridized carbons (Fsp3) is 0.486. The third kappa shape index (κ3) is 8.87. The molecule has 0 heterocycles. The largest absolute Gasteiger partial charge is 0.500 e. The maximum atomic E-state index is 12.7. The highest BCUT2D eigenvalue weighted by Crippen LogP contribution is 2.40. The lowest BCUT2D eigenvalue weighted by molar-refractivity contribution is -0.125. The summed E-state index contributed by atoms with van der Waals surface area (Å²) < 4.78 is 5.62. The van der Waals surface area contributed by atoms with Crippen LogP contribution in [-0.2, 0) is 19.1 Å². The van der Waals surface area contributed by atoms with E-state index in [0.717, 1.165) is 44.7 Å². The molecule has 3 unspecified atom stereocenters. The van der Waals surface area contributed by atoms with Crippen molar-refractivity contribution in [1.82, 2.24) is 21.3 Å². The Kier molecular flexibility index (Phi) is 12.9. The highest BCUT2D eigenvalue weighted by atomic mass is 16.5. The monoisotopic (exact) mass is 646 g/mol. The molecule has 0 bridgehead atoms. The van der Waals surface area contributed by atoms with Crippen LogP contribution in [0.4, 0.5) is 9.59 Å². The van der Waals surface area contributed by atoms with Crippen molar-refractivity contribution < 1.29 is 28.7 Å². The van der Waals surface area contributed by atoms with Gasteiger partial charge in [0.1, 0.15) is 17.5 Å². The third-order valence-corrected chi connectivity index (χ3v) is 8.97. The zero-order valence-corrected chi connectivity index (χ0v) is 29.2. The molecule has 3 atom stereocenters. The molecule has 0 aliphatic heterocycles. The van der Waals surface area contributed by atoms with E-state index in [4.69, 9.17) is 4.74 Å². The standard InChI is InChI=1S/C19H26N2O3.C18H24N2O3/c1-11-8-12(2)16(13(3)9-11)17-15(22)10-14(18(17)24-5)6-7-21-19(23)20-4;1-10-7-11(2)15(12(3)8-10)16-14(21)9-13(17(16)22)5-6-20-18(23)19-4/h8-9,14H,6-7,10H2,1-5H3,(H2,20,21,23);7-8,13,16H,5-6,9H2,1-4H3,(H2,19,20,23). The topological polar surface area (TPSA) is 143 Å². The van der Waals surface area contributed by atoms with E-state index in [1.165, 1.54) is 5.56 Å². The highest BCUT2D eigenvalue weighted by Gasteiger charge is 2.42. The van der Waals surface area contributed by atoms with Crippen LogP contribution in [0.1, 0.15) is 76.1 Å². The van der Waals surface area contributed by atoms with Gasteiger partial charge in [-0.05, 0) is 87.8 Å². The molecule has 0 aromatic heterocycles. The fourth-order valence-corrected chi connectivity index (χ4v) is 7.05. The minimum Gasteiger partial charge on any atom is -0.500 e. The predicted octanol–water partition coefficient (Wildman–Crippen LogP) is 5.05. The molecular formula is C37H50N4O6. The second-order valence-corrected chi connectivity index (χ2v) is 12.6. The first kappa shape index (κ1) is 37.0. The summed E-state index contributed by atoms with van der Waals surface area (Å²) in [7, 11) is 4.74. The molecule has 1 saturated carbocycles. The molecule has 4 amide bonds. The van der Waals surface area contributed by atoms with Gasteiger partial charge in [-0.25, -0.2) is 9.59 Å². The molecule has 4 rings (SSSR count). The van der Waals surface area contributed by atoms with Crippen LogP contribution in [0.3, 0.4) is 0 Å². The van der Waals surface area contributed by atoms with Crippen LogP contribution in [-0.4, -0.2) is 63.7 Å². The van der Waals surface area contributed by atoms with Gasteiger partial charge in [0.2, 0.25) is 0 Å². The Bertz CT molecular complexity index is 1530. The SMILES string of the molecule is CNC(=O)NCCC1CC(=O)C(c2c(C)cc(C)cc2C)=C1OC.CNC(=O)NCCC1CC(=O)C(c2c(C)cc(C)cc2C)C1=O. The molecule has 1 fully saturated rings. The van der Waals surface area contributed by atoms with Crippen molar-refractivity contribution in [1.29, 1.82) is 0 Å². The molecule has 0 radical (unpaired) electrons. The van der Waals surface area contributed by atoms with Gasteiger partial charge in [-0.3, -0.25) is 14.4 Å². The predicted molar refractivity (Wildman–Crippen MR) is 183 cm³/mol. The van der Waals surface area contributed by atoms with Crippen molar-refractivity contribution in [2.24, 2.45) is 11.8 Å². The number of nitrogens with one attached hydrogen (secondary N) is 4. The Hall–Kier alpha value is -4.47. The molecule has 4 N–H and O–H groups in total. The van der Waals surface area contributed by atoms with Crippen molar-refractivity contribution in [2.75, 3.05) is 34.3 Å². The van der Waals surface area contributed by atoms with Crippen molar-refractivity contribution in [3.05, 3.63) is 74.5 Å². The quantitative estimate of drug-likeness (QED) is 0.281. The van der Waals surface area contributed by atoms with E-state index in [1.54, 1.807) is 21.2 Å². The first-order chi connectivity index (χ1) is 22.2. The van der Waals surface area contributed by atoms with Crippen LogP contribution < -0.4 is 21.3 Å². The maximum Gasteiger partial charge on any atom is 0.314 e. The van der Waals surface area contributed by atoms with Crippen LogP contribution in [0.15, 0.2) is 30.0 Å². The minimum absolute atomic E-state index is 0.00463. The van der Waals surface area contributed by atoms with E-state index in [2.05, 4.69) is 40.3 Å². The molecule has 0 spiro atoms. The number of aryl methyl sites for hydroxylation is 6. The van der Waals surface area contributed by atoms with Crippen LogP contribution in [0.5, 0.6) is 0 Å². The summed E-state index contributed by atoms with van der Waals surface area (Å²) in [6, 6.07) is 7.73. The first-order valence-corrected chi connectivity index (χ1v) is 16.2. The molecule has 2 aliphatic carbocycles. The second-order valence-electron chi connectivity index (χ2n) is 12.6. The van der Waals surface area contributed by atoms with E-state index in [9.17, 15) is 24.0 Å². The number of amides is 4. The number of methoxy groups -OCH3 is 1. The summed E-state index contributed by atoms with van der Waals surface area (Å²) in [5.74, 6) is -0.0838. The molecule has 2 aromatic carbocycles. The molecule has 10 heteroatoms. The van der Waals surface area contributed by atoms with Crippen LogP contribution in [0.25, 0.3) is 5.57 Å². The lowest BCUT2D eigenvalue weighted by atomic mass is 9.86. The van der Waals surface area contributed by atoms with Crippen molar-refractivity contribution in [2.45, 2.75) is 73.1 Å². The summed E-state index contributed by atoms with van der Waals surface area (Å²) in [4.78, 5) is 60.2. The minimum atomic E-state index is -0.638. The van der Waals surface area contributed by atoms with E-state index in [0.29, 0.717) is 37.9 Å². The summed E-state index contributed by atoms with van der Waals surface area (Å²) in [6.45, 7) is 12.9. The number of urea groups is 2. The lowest BCUT2D eigenvalue weighted by Gasteiger charge is -2.16. The molecule has 10 nitrogen and oxygen atoms in total. The van der Waals surface area contributed by atoms with Gasteiger partial charge in [0.15, 0.2) is 11.6 Å². The van der Waals surface area contributed by atoms with Gasteiger partial charge in [0.25, 0.3) is 0 Å². The summed E-state index contributed by atoms with van der Waals surface area (Å²) >= 11 is 0. The summed E-state index contributed by atoms with van der Waals surface area (Å²) in [6.07, 6.45) is 1.88. The zero-order valence-electron chi connectivity index (χ0n) is 29.2. The number of ketones is 3. The van der Waals surface area contributed by atoms with Gasteiger partial charge in [0, 0.05) is 51.9 Å². The highest BCUT2D eigenvalue weighted by molar-refractivity contribution is 6.24. The number of Topliss-reactive ketones (excluding diaryl/α,β-unsaturated/α-hetero) is 3. The number of carbonyl (C=O) groups is 5. The molecule has 254 valence electrons. The van der Waals surface area contributed by atoms with Crippen LogP contribution in [0.2, 0.25) is 0 Å². The number of ether oxygens (including phenoxy) is 1. The van der Waals surface area contributed by atoms with Crippen molar-refractivity contribution in [3.63, 3.8) is 0 Å². The molecule has 2 aliphatic rings. The summed E-state index contributed by atoms with van der Waals surface area (Å²) in [5, 5.41) is 10.4. The van der Waals surface area contributed by atoms with Gasteiger partial charge in [-0.2, -0.15) is 0 Å². The van der Waals surface area contributed by atoms with Crippen molar-refractivity contribution >= 4 is 35.0 Å². The van der Waals surface area contributed by atoms with Gasteiger partial charge < -0.3 is 26.0 Å². The molecule has 47 heavy (non-hydrogen) atoms. The van der Waals surface area contributed by atoms with E-state index < -0.39 is 5.92 Å². The molecule has 0 saturated heterocycles. The zero-order chi connectivity index (χ0) is 35.0. The Morgan fingerprint density at radius 3 is 1.66 bits per heavy atom. The number of allylic oxidation sites excluding steroid dienone is 2. The number of rotatable bonds is 9. The van der Waals surface area contributed by atoms with Crippen LogP contribution in [0, 0.1) is 53.4 Å². The molecular weight excluding hydrogens is 596 g/mol. The van der Waals surface area contributed by atoms with Crippen molar-refractivity contribution in [3.8, 4) is 0 Å². The number of carbonyl (C=O) groups excluding carboxylic acids is 5. The normalized spacial score (nSPS) is 18.9. The Balaban J connectivity index is 0.000000256. The molecule has 2 aromatic rings. The number of hydrogen-bond acceptors (Lipinski definition) is 6. The van der Waals surface area contributed by atoms with E-state index in [-0.39, 0.29) is 47.7 Å². The number of benzene rings is 2. The van der Waals surface area contributed by atoms with Crippen LogP contribution >= 0.6 is 0 Å². The number of hydrogen-bond donors (Lipinski definition) is 4. The average Bonchev–Trinajstić information content (AvgIpc) is 3.46. The van der Waals surface area contributed by atoms with Gasteiger partial charge in [-0.15, -0.1) is 0 Å². The Morgan fingerprint density at radius 2 is 1.19 bits per heavy atom. The fourth-order valence-electron chi connectivity index (χ4n) is 7.05. The van der Waals surface area contributed by atoms with Gasteiger partial charge >= 0.3 is 12.1 Å². The van der Waals surface area contributed by atoms with E-state index >= 15 is 0 Å². The lowest BCUT2D eigenvalue weighted by Crippen LogP contribution is -2.34. The second kappa shape index (κ2) is 16.4. The van der Waals surface area contributed by atoms with E-state index in [1.807, 2.05) is 46.8 Å². The Morgan fingerprint density at radius 1 is 0.723 bits per heavy atom. The Labute approximate surface area is 278 Å². The smallest absolute Gasteiger partial charge is 0.314 e. The van der Waals surface area contributed by atoms with Gasteiger partial charge in [0.05, 0.1) is 12.7 Å².